The van der Waals surface area contributed by atoms with Crippen molar-refractivity contribution in [3.05, 3.63) is 0 Å². The molecule has 0 aromatic heterocycles. The van der Waals surface area contributed by atoms with Gasteiger partial charge in [-0.1, -0.05) is 19.8 Å². The van der Waals surface area contributed by atoms with Crippen LogP contribution in [0.4, 0.5) is 0 Å². The van der Waals surface area contributed by atoms with E-state index in [1.165, 1.54) is 0 Å². The molecule has 2 nitrogen and oxygen atoms in total. The summed E-state index contributed by atoms with van der Waals surface area (Å²) >= 11 is 0. The summed E-state index contributed by atoms with van der Waals surface area (Å²) in [6, 6.07) is 0. The molecule has 15 heavy (non-hydrogen) atoms. The molecule has 1 saturated carbocycles. The average Bonchev–Trinajstić information content (AvgIpc) is 2.68. The molecule has 0 bridgehead atoms. The van der Waals surface area contributed by atoms with Gasteiger partial charge in [0.25, 0.3) is 0 Å². The van der Waals surface area contributed by atoms with Crippen LogP contribution in [0.2, 0.25) is 0 Å². The molecule has 1 heterocycles. The maximum Gasteiger partial charge on any atom is 0.168 e. The second kappa shape index (κ2) is 3.81. The molecule has 0 aromatic carbocycles. The van der Waals surface area contributed by atoms with Gasteiger partial charge in [0.05, 0.1) is 13.2 Å². The minimum Gasteiger partial charge on any atom is -0.348 e. The first-order valence-electron chi connectivity index (χ1n) is 5.88. The van der Waals surface area contributed by atoms with Crippen LogP contribution in [-0.4, -0.2) is 19.0 Å². The van der Waals surface area contributed by atoms with E-state index < -0.39 is 0 Å². The Morgan fingerprint density at radius 3 is 2.00 bits per heavy atom. The summed E-state index contributed by atoms with van der Waals surface area (Å²) < 4.78 is 11.4. The Hall–Kier alpha value is -0.520. The van der Waals surface area contributed by atoms with Crippen LogP contribution in [0.3, 0.4) is 0 Å². The van der Waals surface area contributed by atoms with Crippen molar-refractivity contribution in [2.24, 2.45) is 11.3 Å². The van der Waals surface area contributed by atoms with Gasteiger partial charge in [-0.25, -0.2) is 0 Å². The molecule has 1 aliphatic carbocycles. The molecule has 2 rings (SSSR count). The van der Waals surface area contributed by atoms with Gasteiger partial charge in [0, 0.05) is 18.3 Å². The Bertz CT molecular complexity index is 259. The number of rotatable bonds is 1. The Balaban J connectivity index is 2.05. The van der Waals surface area contributed by atoms with E-state index in [0.29, 0.717) is 5.92 Å². The molecule has 2 heteroatoms. The summed E-state index contributed by atoms with van der Waals surface area (Å²) in [7, 11) is 0. The summed E-state index contributed by atoms with van der Waals surface area (Å²) in [6.07, 6.45) is 9.66. The number of ether oxygens (including phenoxy) is 2. The molecular weight excluding hydrogens is 188 g/mol. The van der Waals surface area contributed by atoms with Gasteiger partial charge >= 0.3 is 0 Å². The monoisotopic (exact) mass is 208 g/mol. The second-order valence-corrected chi connectivity index (χ2v) is 5.06. The molecule has 0 aromatic rings. The first-order chi connectivity index (χ1) is 7.13. The smallest absolute Gasteiger partial charge is 0.168 e. The van der Waals surface area contributed by atoms with Crippen LogP contribution in [0, 0.1) is 23.7 Å². The van der Waals surface area contributed by atoms with Gasteiger partial charge in [0.1, 0.15) is 0 Å². The summed E-state index contributed by atoms with van der Waals surface area (Å²) in [4.78, 5) is 0. The van der Waals surface area contributed by atoms with Crippen molar-refractivity contribution in [2.75, 3.05) is 13.2 Å². The molecule has 1 aliphatic heterocycles. The van der Waals surface area contributed by atoms with Crippen LogP contribution < -0.4 is 0 Å². The Kier molecular flexibility index (Phi) is 2.79. The minimum absolute atomic E-state index is 0.0700. The van der Waals surface area contributed by atoms with Crippen molar-refractivity contribution in [2.45, 2.75) is 45.3 Å². The van der Waals surface area contributed by atoms with Crippen LogP contribution >= 0.6 is 0 Å². The van der Waals surface area contributed by atoms with Crippen LogP contribution in [0.5, 0.6) is 0 Å². The summed E-state index contributed by atoms with van der Waals surface area (Å²) in [6.45, 7) is 5.91. The fourth-order valence-electron chi connectivity index (χ4n) is 2.75. The lowest BCUT2D eigenvalue weighted by Crippen LogP contribution is -2.41. The van der Waals surface area contributed by atoms with E-state index in [4.69, 9.17) is 15.9 Å². The van der Waals surface area contributed by atoms with E-state index in [0.717, 1.165) is 38.9 Å². The van der Waals surface area contributed by atoms with Gasteiger partial charge in [-0.2, -0.15) is 0 Å². The maximum atomic E-state index is 5.71. The summed E-state index contributed by atoms with van der Waals surface area (Å²) in [5.41, 5.74) is 0.0700. The summed E-state index contributed by atoms with van der Waals surface area (Å²) in [5.74, 6) is 3.27. The van der Waals surface area contributed by atoms with Gasteiger partial charge in [-0.15, -0.1) is 6.42 Å². The lowest BCUT2D eigenvalue weighted by atomic mass is 9.66. The van der Waals surface area contributed by atoms with E-state index in [1.807, 2.05) is 0 Å². The number of hydrogen-bond donors (Lipinski definition) is 0. The average molecular weight is 208 g/mol. The zero-order valence-electron chi connectivity index (χ0n) is 9.71. The van der Waals surface area contributed by atoms with Gasteiger partial charge in [-0.3, -0.25) is 0 Å². The van der Waals surface area contributed by atoms with E-state index in [-0.39, 0.29) is 11.2 Å². The Morgan fingerprint density at radius 2 is 1.60 bits per heavy atom. The normalized spacial score (nSPS) is 28.1. The van der Waals surface area contributed by atoms with Crippen molar-refractivity contribution in [1.82, 2.24) is 0 Å². The lowest BCUT2D eigenvalue weighted by Gasteiger charge is -2.43. The molecule has 1 saturated heterocycles. The van der Waals surface area contributed by atoms with E-state index >= 15 is 0 Å². The first-order valence-corrected chi connectivity index (χ1v) is 5.88. The minimum atomic E-state index is -0.282. The lowest BCUT2D eigenvalue weighted by molar-refractivity contribution is -0.189. The Labute approximate surface area is 92.3 Å². The Morgan fingerprint density at radius 1 is 1.07 bits per heavy atom. The highest BCUT2D eigenvalue weighted by Gasteiger charge is 2.46. The van der Waals surface area contributed by atoms with Gasteiger partial charge in [-0.05, 0) is 18.8 Å². The van der Waals surface area contributed by atoms with Crippen molar-refractivity contribution in [3.8, 4) is 12.3 Å². The van der Waals surface area contributed by atoms with Crippen molar-refractivity contribution >= 4 is 0 Å². The maximum absolute atomic E-state index is 5.71. The quantitative estimate of drug-likeness (QED) is 0.617. The second-order valence-electron chi connectivity index (χ2n) is 5.06. The fraction of sp³-hybridized carbons (Fsp3) is 0.846. The zero-order chi connectivity index (χ0) is 10.9. The van der Waals surface area contributed by atoms with Crippen LogP contribution in [0.15, 0.2) is 0 Å². The molecule has 1 spiro atoms. The largest absolute Gasteiger partial charge is 0.348 e. The highest BCUT2D eigenvalue weighted by atomic mass is 16.7. The molecule has 84 valence electrons. The van der Waals surface area contributed by atoms with Gasteiger partial charge < -0.3 is 9.47 Å². The SMILES string of the molecule is C#CC1(C(C)C)CCC2(CC1)OCCO2. The van der Waals surface area contributed by atoms with Crippen molar-refractivity contribution in [1.29, 1.82) is 0 Å². The molecule has 2 fully saturated rings. The van der Waals surface area contributed by atoms with E-state index in [2.05, 4.69) is 19.8 Å². The predicted octanol–water partition coefficient (Wildman–Crippen LogP) is 2.58. The standard InChI is InChI=1S/C13H20O2/c1-4-12(11(2)3)5-7-13(8-6-12)14-9-10-15-13/h1,11H,5-10H2,2-3H3. The van der Waals surface area contributed by atoms with E-state index in [1.54, 1.807) is 0 Å². The third-order valence-electron chi connectivity index (χ3n) is 4.11. The topological polar surface area (TPSA) is 18.5 Å². The highest BCUT2D eigenvalue weighted by molar-refractivity contribution is 5.10. The summed E-state index contributed by atoms with van der Waals surface area (Å²) in [5, 5.41) is 0. The number of terminal acetylenes is 1. The number of hydrogen-bond acceptors (Lipinski definition) is 2. The molecule has 0 amide bonds. The zero-order valence-corrected chi connectivity index (χ0v) is 9.71. The van der Waals surface area contributed by atoms with E-state index in [9.17, 15) is 0 Å². The molecule has 0 radical (unpaired) electrons. The van der Waals surface area contributed by atoms with Crippen LogP contribution in [0.25, 0.3) is 0 Å². The predicted molar refractivity (Wildman–Crippen MR) is 59.2 cm³/mol. The van der Waals surface area contributed by atoms with Crippen molar-refractivity contribution in [3.63, 3.8) is 0 Å². The molecular formula is C13H20O2. The van der Waals surface area contributed by atoms with Crippen LogP contribution in [-0.2, 0) is 9.47 Å². The molecule has 0 N–H and O–H groups in total. The van der Waals surface area contributed by atoms with Crippen molar-refractivity contribution < 1.29 is 9.47 Å². The molecule has 0 unspecified atom stereocenters. The third kappa shape index (κ3) is 1.79. The fourth-order valence-corrected chi connectivity index (χ4v) is 2.75. The molecule has 0 atom stereocenters. The highest BCUT2D eigenvalue weighted by Crippen LogP contribution is 2.48. The van der Waals surface area contributed by atoms with Crippen LogP contribution in [0.1, 0.15) is 39.5 Å². The van der Waals surface area contributed by atoms with Gasteiger partial charge in [0.2, 0.25) is 0 Å². The van der Waals surface area contributed by atoms with Gasteiger partial charge in [0.15, 0.2) is 5.79 Å². The third-order valence-corrected chi connectivity index (χ3v) is 4.11. The molecule has 2 aliphatic rings. The first kappa shape index (κ1) is 11.0.